The molecule has 0 amide bonds. The van der Waals surface area contributed by atoms with Crippen LogP contribution in [-0.2, 0) is 6.42 Å². The van der Waals surface area contributed by atoms with Crippen molar-refractivity contribution < 1.29 is 9.47 Å². The second kappa shape index (κ2) is 5.05. The van der Waals surface area contributed by atoms with Crippen LogP contribution in [0.15, 0.2) is 28.9 Å². The lowest BCUT2D eigenvalue weighted by atomic mass is 10.3. The third-order valence-electron chi connectivity index (χ3n) is 2.70. The summed E-state index contributed by atoms with van der Waals surface area (Å²) in [7, 11) is 0. The Morgan fingerprint density at radius 1 is 1.21 bits per heavy atom. The Labute approximate surface area is 119 Å². The van der Waals surface area contributed by atoms with Gasteiger partial charge in [-0.1, -0.05) is 6.92 Å². The number of ether oxygens (including phenoxy) is 2. The van der Waals surface area contributed by atoms with Crippen molar-refractivity contribution in [2.45, 2.75) is 13.3 Å². The minimum Gasteiger partial charge on any atom is -0.454 e. The largest absolute Gasteiger partial charge is 0.454 e. The van der Waals surface area contributed by atoms with Gasteiger partial charge in [0.1, 0.15) is 16.2 Å². The number of halogens is 1. The van der Waals surface area contributed by atoms with Crippen LogP contribution in [0.2, 0.25) is 0 Å². The minimum atomic E-state index is 0.276. The second-order valence-electron chi connectivity index (χ2n) is 4.04. The van der Waals surface area contributed by atoms with Gasteiger partial charge in [-0.2, -0.15) is 0 Å². The second-order valence-corrected chi connectivity index (χ2v) is 4.85. The summed E-state index contributed by atoms with van der Waals surface area (Å²) in [5.74, 6) is 3.05. The topological polar surface area (TPSA) is 56.3 Å². The van der Waals surface area contributed by atoms with Crippen molar-refractivity contribution >= 4 is 27.4 Å². The summed E-state index contributed by atoms with van der Waals surface area (Å²) in [5.41, 5.74) is 0.900. The molecule has 1 aliphatic heterocycles. The molecule has 6 heteroatoms. The zero-order chi connectivity index (χ0) is 13.2. The van der Waals surface area contributed by atoms with E-state index in [1.807, 2.05) is 31.2 Å². The van der Waals surface area contributed by atoms with Gasteiger partial charge in [-0.15, -0.1) is 0 Å². The lowest BCUT2D eigenvalue weighted by Crippen LogP contribution is -1.99. The number of aryl methyl sites for hydroxylation is 1. The predicted octanol–water partition coefficient (Wildman–Crippen LogP) is 3.27. The fourth-order valence-electron chi connectivity index (χ4n) is 1.81. The normalized spacial score (nSPS) is 12.5. The Balaban J connectivity index is 1.86. The van der Waals surface area contributed by atoms with Crippen LogP contribution in [0.5, 0.6) is 11.5 Å². The van der Waals surface area contributed by atoms with Gasteiger partial charge in [-0.3, -0.25) is 0 Å². The van der Waals surface area contributed by atoms with Crippen LogP contribution in [0.1, 0.15) is 12.7 Å². The maximum atomic E-state index is 5.34. The summed E-state index contributed by atoms with van der Waals surface area (Å²) in [6, 6.07) is 7.53. The summed E-state index contributed by atoms with van der Waals surface area (Å²) in [5, 5.41) is 3.23. The number of rotatable bonds is 3. The number of nitrogens with one attached hydrogen (secondary N) is 1. The Kier molecular flexibility index (Phi) is 3.25. The molecule has 19 heavy (non-hydrogen) atoms. The third-order valence-corrected chi connectivity index (χ3v) is 3.11. The average Bonchev–Trinajstić information content (AvgIpc) is 2.85. The van der Waals surface area contributed by atoms with Gasteiger partial charge in [0.25, 0.3) is 0 Å². The molecule has 0 atom stereocenters. The van der Waals surface area contributed by atoms with Crippen molar-refractivity contribution in [3.8, 4) is 11.5 Å². The fraction of sp³-hybridized carbons (Fsp3) is 0.231. The molecule has 5 nitrogen and oxygen atoms in total. The van der Waals surface area contributed by atoms with Crippen molar-refractivity contribution in [1.29, 1.82) is 0 Å². The third kappa shape index (κ3) is 2.63. The van der Waals surface area contributed by atoms with Crippen LogP contribution in [0.3, 0.4) is 0 Å². The molecule has 2 heterocycles. The van der Waals surface area contributed by atoms with E-state index in [-0.39, 0.29) is 6.79 Å². The molecule has 0 bridgehead atoms. The van der Waals surface area contributed by atoms with Crippen molar-refractivity contribution in [2.24, 2.45) is 0 Å². The Morgan fingerprint density at radius 2 is 2.05 bits per heavy atom. The highest BCUT2D eigenvalue weighted by Gasteiger charge is 2.13. The first-order valence-corrected chi connectivity index (χ1v) is 6.74. The maximum Gasteiger partial charge on any atom is 0.231 e. The van der Waals surface area contributed by atoms with Gasteiger partial charge in [-0.05, 0) is 28.1 Å². The van der Waals surface area contributed by atoms with Crippen LogP contribution in [0.25, 0.3) is 0 Å². The molecule has 3 rings (SSSR count). The van der Waals surface area contributed by atoms with Gasteiger partial charge >= 0.3 is 0 Å². The molecule has 0 spiro atoms. The number of fused-ring (bicyclic) bond motifs is 1. The van der Waals surface area contributed by atoms with Gasteiger partial charge in [0, 0.05) is 24.2 Å². The molecule has 0 radical (unpaired) electrons. The average molecular weight is 322 g/mol. The number of hydrogen-bond donors (Lipinski definition) is 1. The van der Waals surface area contributed by atoms with Crippen LogP contribution in [-0.4, -0.2) is 16.8 Å². The van der Waals surface area contributed by atoms with Gasteiger partial charge in [0.15, 0.2) is 11.5 Å². The van der Waals surface area contributed by atoms with Crippen molar-refractivity contribution in [1.82, 2.24) is 9.97 Å². The molecule has 0 fully saturated rings. The highest BCUT2D eigenvalue weighted by molar-refractivity contribution is 9.10. The van der Waals surface area contributed by atoms with Gasteiger partial charge in [0.2, 0.25) is 6.79 Å². The molecule has 0 aliphatic carbocycles. The number of hydrogen-bond acceptors (Lipinski definition) is 5. The Bertz CT molecular complexity index is 619. The van der Waals surface area contributed by atoms with E-state index in [0.29, 0.717) is 0 Å². The number of benzene rings is 1. The van der Waals surface area contributed by atoms with Crippen molar-refractivity contribution in [3.05, 3.63) is 34.7 Å². The van der Waals surface area contributed by atoms with E-state index in [9.17, 15) is 0 Å². The maximum absolute atomic E-state index is 5.34. The predicted molar refractivity (Wildman–Crippen MR) is 75.0 cm³/mol. The smallest absolute Gasteiger partial charge is 0.231 e. The summed E-state index contributed by atoms with van der Waals surface area (Å²) in [4.78, 5) is 8.69. The molecule has 0 saturated carbocycles. The monoisotopic (exact) mass is 321 g/mol. The number of nitrogens with zero attached hydrogens (tertiary/aromatic N) is 2. The quantitative estimate of drug-likeness (QED) is 0.879. The fourth-order valence-corrected chi connectivity index (χ4v) is 2.23. The molecular formula is C13H12BrN3O2. The first-order valence-electron chi connectivity index (χ1n) is 5.95. The molecule has 0 unspecified atom stereocenters. The molecule has 1 aromatic carbocycles. The van der Waals surface area contributed by atoms with Crippen molar-refractivity contribution in [3.63, 3.8) is 0 Å². The first-order chi connectivity index (χ1) is 9.24. The molecule has 1 N–H and O–H groups in total. The lowest BCUT2D eigenvalue weighted by Gasteiger charge is -2.08. The number of anilines is 2. The van der Waals surface area contributed by atoms with E-state index in [1.54, 1.807) is 0 Å². The summed E-state index contributed by atoms with van der Waals surface area (Å²) >= 11 is 3.38. The van der Waals surface area contributed by atoms with Crippen LogP contribution < -0.4 is 14.8 Å². The zero-order valence-corrected chi connectivity index (χ0v) is 11.9. The van der Waals surface area contributed by atoms with Gasteiger partial charge in [0.05, 0.1) is 0 Å². The van der Waals surface area contributed by atoms with Crippen LogP contribution >= 0.6 is 15.9 Å². The standard InChI is InChI=1S/C13H12BrN3O2/c1-2-12-16-11(14)6-13(17-12)15-8-3-4-9-10(5-8)19-7-18-9/h3-6H,2,7H2,1H3,(H,15,16,17). The van der Waals surface area contributed by atoms with E-state index in [2.05, 4.69) is 31.2 Å². The van der Waals surface area contributed by atoms with Gasteiger partial charge in [-0.25, -0.2) is 9.97 Å². The van der Waals surface area contributed by atoms with Crippen molar-refractivity contribution in [2.75, 3.05) is 12.1 Å². The molecule has 0 saturated heterocycles. The zero-order valence-electron chi connectivity index (χ0n) is 10.3. The molecular weight excluding hydrogens is 310 g/mol. The highest BCUT2D eigenvalue weighted by Crippen LogP contribution is 2.35. The number of aromatic nitrogens is 2. The van der Waals surface area contributed by atoms with Crippen LogP contribution in [0.4, 0.5) is 11.5 Å². The summed E-state index contributed by atoms with van der Waals surface area (Å²) < 4.78 is 11.4. The summed E-state index contributed by atoms with van der Waals surface area (Å²) in [6.07, 6.45) is 0.787. The Morgan fingerprint density at radius 3 is 2.89 bits per heavy atom. The minimum absolute atomic E-state index is 0.276. The van der Waals surface area contributed by atoms with E-state index in [4.69, 9.17) is 9.47 Å². The van der Waals surface area contributed by atoms with E-state index >= 15 is 0 Å². The summed E-state index contributed by atoms with van der Waals surface area (Å²) in [6.45, 7) is 2.30. The SMILES string of the molecule is CCc1nc(Br)cc(Nc2ccc3c(c2)OCO3)n1. The van der Waals surface area contributed by atoms with E-state index in [0.717, 1.165) is 39.9 Å². The van der Waals surface area contributed by atoms with E-state index in [1.165, 1.54) is 0 Å². The van der Waals surface area contributed by atoms with E-state index < -0.39 is 0 Å². The molecule has 98 valence electrons. The van der Waals surface area contributed by atoms with Gasteiger partial charge < -0.3 is 14.8 Å². The molecule has 1 aromatic heterocycles. The molecule has 2 aromatic rings. The molecule has 1 aliphatic rings. The lowest BCUT2D eigenvalue weighted by molar-refractivity contribution is 0.174. The van der Waals surface area contributed by atoms with Crippen LogP contribution in [0, 0.1) is 0 Å². The first kappa shape index (κ1) is 12.2. The highest BCUT2D eigenvalue weighted by atomic mass is 79.9. The Hall–Kier alpha value is -1.82.